The molecule has 23 heavy (non-hydrogen) atoms. The molecule has 2 rings (SSSR count). The molecule has 1 aromatic rings. The van der Waals surface area contributed by atoms with Crippen molar-refractivity contribution in [1.82, 2.24) is 10.0 Å². The largest absolute Gasteiger partial charge is 0.490 e. The number of amides is 1. The van der Waals surface area contributed by atoms with Crippen molar-refractivity contribution in [3.8, 4) is 11.5 Å². The minimum atomic E-state index is -3.63. The van der Waals surface area contributed by atoms with E-state index in [9.17, 15) is 13.2 Å². The molecule has 7 nitrogen and oxygen atoms in total. The molecule has 0 aromatic heterocycles. The van der Waals surface area contributed by atoms with Gasteiger partial charge < -0.3 is 14.8 Å². The lowest BCUT2D eigenvalue weighted by Crippen LogP contribution is -2.27. The van der Waals surface area contributed by atoms with Crippen LogP contribution in [0.15, 0.2) is 23.1 Å². The zero-order valence-electron chi connectivity index (χ0n) is 13.1. The minimum absolute atomic E-state index is 0.0812. The van der Waals surface area contributed by atoms with E-state index >= 15 is 0 Å². The van der Waals surface area contributed by atoms with Gasteiger partial charge in [-0.05, 0) is 25.5 Å². The van der Waals surface area contributed by atoms with Crippen molar-refractivity contribution < 1.29 is 22.7 Å². The molecule has 0 fully saturated rings. The quantitative estimate of drug-likeness (QED) is 0.722. The van der Waals surface area contributed by atoms with Gasteiger partial charge in [0.2, 0.25) is 15.9 Å². The van der Waals surface area contributed by atoms with E-state index in [2.05, 4.69) is 10.0 Å². The summed E-state index contributed by atoms with van der Waals surface area (Å²) in [6.07, 6.45) is 1.49. The Morgan fingerprint density at radius 1 is 1.22 bits per heavy atom. The van der Waals surface area contributed by atoms with E-state index in [4.69, 9.17) is 9.47 Å². The lowest BCUT2D eigenvalue weighted by molar-refractivity contribution is -0.121. The molecule has 0 bridgehead atoms. The number of rotatable bonds is 7. The highest BCUT2D eigenvalue weighted by molar-refractivity contribution is 7.89. The molecule has 0 atom stereocenters. The van der Waals surface area contributed by atoms with Crippen LogP contribution < -0.4 is 19.5 Å². The van der Waals surface area contributed by atoms with Gasteiger partial charge in [0.25, 0.3) is 0 Å². The minimum Gasteiger partial charge on any atom is -0.490 e. The van der Waals surface area contributed by atoms with Gasteiger partial charge in [-0.2, -0.15) is 0 Å². The van der Waals surface area contributed by atoms with E-state index < -0.39 is 10.0 Å². The van der Waals surface area contributed by atoms with Crippen LogP contribution in [0.2, 0.25) is 0 Å². The van der Waals surface area contributed by atoms with Gasteiger partial charge >= 0.3 is 0 Å². The molecule has 1 aliphatic heterocycles. The summed E-state index contributed by atoms with van der Waals surface area (Å²) < 4.78 is 38.0. The molecule has 0 aliphatic carbocycles. The summed E-state index contributed by atoms with van der Waals surface area (Å²) in [5, 5.41) is 2.67. The maximum Gasteiger partial charge on any atom is 0.240 e. The number of benzene rings is 1. The average molecular weight is 342 g/mol. The van der Waals surface area contributed by atoms with Crippen molar-refractivity contribution in [2.75, 3.05) is 26.3 Å². The lowest BCUT2D eigenvalue weighted by atomic mass is 10.3. The SMILES string of the molecule is CCNC(=O)CCCNS(=O)(=O)c1ccc2c(c1)OCCCO2. The second kappa shape index (κ2) is 8.16. The fraction of sp³-hybridized carbons (Fsp3) is 0.533. The number of fused-ring (bicyclic) bond motifs is 1. The van der Waals surface area contributed by atoms with Crippen LogP contribution in [0.1, 0.15) is 26.2 Å². The summed E-state index contributed by atoms with van der Waals surface area (Å²) >= 11 is 0. The van der Waals surface area contributed by atoms with Crippen molar-refractivity contribution in [3.05, 3.63) is 18.2 Å². The van der Waals surface area contributed by atoms with Crippen molar-refractivity contribution in [3.63, 3.8) is 0 Å². The third-order valence-corrected chi connectivity index (χ3v) is 4.73. The molecule has 8 heteroatoms. The number of hydrogen-bond donors (Lipinski definition) is 2. The van der Waals surface area contributed by atoms with Crippen molar-refractivity contribution in [1.29, 1.82) is 0 Å². The summed E-state index contributed by atoms with van der Waals surface area (Å²) in [6, 6.07) is 4.55. The smallest absolute Gasteiger partial charge is 0.240 e. The Bertz CT molecular complexity index is 645. The Balaban J connectivity index is 1.94. The Labute approximate surface area is 136 Å². The van der Waals surface area contributed by atoms with Crippen LogP contribution in [0.4, 0.5) is 0 Å². The summed E-state index contributed by atoms with van der Waals surface area (Å²) in [7, 11) is -3.63. The van der Waals surface area contributed by atoms with E-state index in [1.54, 1.807) is 6.07 Å². The van der Waals surface area contributed by atoms with Crippen LogP contribution in [0, 0.1) is 0 Å². The highest BCUT2D eigenvalue weighted by Crippen LogP contribution is 2.31. The molecular formula is C15H22N2O5S. The van der Waals surface area contributed by atoms with Crippen LogP contribution in [-0.2, 0) is 14.8 Å². The zero-order valence-corrected chi connectivity index (χ0v) is 13.9. The summed E-state index contributed by atoms with van der Waals surface area (Å²) in [5.41, 5.74) is 0. The molecular weight excluding hydrogens is 320 g/mol. The Morgan fingerprint density at radius 2 is 1.96 bits per heavy atom. The molecule has 0 saturated carbocycles. The molecule has 0 spiro atoms. The predicted octanol–water partition coefficient (Wildman–Crippen LogP) is 1.04. The summed E-state index contributed by atoms with van der Waals surface area (Å²) in [4.78, 5) is 11.4. The van der Waals surface area contributed by atoms with Crippen LogP contribution in [-0.4, -0.2) is 40.6 Å². The van der Waals surface area contributed by atoms with Gasteiger partial charge in [0.1, 0.15) is 0 Å². The van der Waals surface area contributed by atoms with Crippen molar-refractivity contribution in [2.24, 2.45) is 0 Å². The highest BCUT2D eigenvalue weighted by Gasteiger charge is 2.18. The van der Waals surface area contributed by atoms with E-state index in [1.807, 2.05) is 6.92 Å². The first kappa shape index (κ1) is 17.6. The Morgan fingerprint density at radius 3 is 2.70 bits per heavy atom. The topological polar surface area (TPSA) is 93.7 Å². The Kier molecular flexibility index (Phi) is 6.23. The molecule has 128 valence electrons. The maximum absolute atomic E-state index is 12.3. The highest BCUT2D eigenvalue weighted by atomic mass is 32.2. The number of ether oxygens (including phenoxy) is 2. The second-order valence-electron chi connectivity index (χ2n) is 5.11. The van der Waals surface area contributed by atoms with E-state index in [0.717, 1.165) is 6.42 Å². The third-order valence-electron chi connectivity index (χ3n) is 3.28. The number of carbonyl (C=O) groups excluding carboxylic acids is 1. The number of carbonyl (C=O) groups is 1. The van der Waals surface area contributed by atoms with E-state index in [0.29, 0.717) is 37.7 Å². The molecule has 1 amide bonds. The van der Waals surface area contributed by atoms with Gasteiger partial charge in [0.15, 0.2) is 11.5 Å². The standard InChI is InChI=1S/C15H22N2O5S/c1-2-16-15(18)5-3-8-17-23(19,20)12-6-7-13-14(11-12)22-10-4-9-21-13/h6-7,11,17H,2-5,8-10H2,1H3,(H,16,18). The number of hydrogen-bond acceptors (Lipinski definition) is 5. The normalized spacial score (nSPS) is 14.1. The van der Waals surface area contributed by atoms with Crippen LogP contribution in [0.3, 0.4) is 0 Å². The fourth-order valence-corrected chi connectivity index (χ4v) is 3.22. The Hall–Kier alpha value is -1.80. The second-order valence-corrected chi connectivity index (χ2v) is 6.88. The molecule has 2 N–H and O–H groups in total. The van der Waals surface area contributed by atoms with E-state index in [1.165, 1.54) is 12.1 Å². The molecule has 0 unspecified atom stereocenters. The van der Waals surface area contributed by atoms with Crippen LogP contribution >= 0.6 is 0 Å². The zero-order chi connectivity index (χ0) is 16.7. The first-order chi connectivity index (χ1) is 11.0. The van der Waals surface area contributed by atoms with Gasteiger partial charge in [-0.25, -0.2) is 13.1 Å². The van der Waals surface area contributed by atoms with Gasteiger partial charge in [-0.1, -0.05) is 0 Å². The molecule has 1 aromatic carbocycles. The maximum atomic E-state index is 12.3. The van der Waals surface area contributed by atoms with Gasteiger partial charge in [-0.3, -0.25) is 4.79 Å². The van der Waals surface area contributed by atoms with Gasteiger partial charge in [0.05, 0.1) is 18.1 Å². The molecule has 1 aliphatic rings. The summed E-state index contributed by atoms with van der Waals surface area (Å²) in [5.74, 6) is 0.910. The number of nitrogens with one attached hydrogen (secondary N) is 2. The van der Waals surface area contributed by atoms with E-state index in [-0.39, 0.29) is 23.8 Å². The molecule has 1 heterocycles. The summed E-state index contributed by atoms with van der Waals surface area (Å²) in [6.45, 7) is 3.66. The lowest BCUT2D eigenvalue weighted by Gasteiger charge is -2.11. The van der Waals surface area contributed by atoms with Crippen LogP contribution in [0.5, 0.6) is 11.5 Å². The van der Waals surface area contributed by atoms with Crippen molar-refractivity contribution in [2.45, 2.75) is 31.1 Å². The van der Waals surface area contributed by atoms with Crippen LogP contribution in [0.25, 0.3) is 0 Å². The fourth-order valence-electron chi connectivity index (χ4n) is 2.14. The monoisotopic (exact) mass is 342 g/mol. The third kappa shape index (κ3) is 5.11. The van der Waals surface area contributed by atoms with Crippen molar-refractivity contribution >= 4 is 15.9 Å². The van der Waals surface area contributed by atoms with Gasteiger partial charge in [0, 0.05) is 32.0 Å². The van der Waals surface area contributed by atoms with Gasteiger partial charge in [-0.15, -0.1) is 0 Å². The molecule has 0 saturated heterocycles. The first-order valence-electron chi connectivity index (χ1n) is 7.69. The molecule has 0 radical (unpaired) electrons. The number of sulfonamides is 1. The predicted molar refractivity (Wildman–Crippen MR) is 85.2 cm³/mol. The first-order valence-corrected chi connectivity index (χ1v) is 9.17. The average Bonchev–Trinajstić information content (AvgIpc) is 2.76.